The second-order valence-electron chi connectivity index (χ2n) is 6.86. The van der Waals surface area contributed by atoms with Gasteiger partial charge in [-0.3, -0.25) is 14.5 Å². The minimum atomic E-state index is -0.521. The number of unbranched alkanes of at least 4 members (excludes halogenated alkanes) is 4. The molecule has 0 spiro atoms. The Morgan fingerprint density at radius 3 is 2.32 bits per heavy atom. The van der Waals surface area contributed by atoms with Crippen LogP contribution in [0.3, 0.4) is 0 Å². The highest BCUT2D eigenvalue weighted by Gasteiger charge is 2.34. The first-order valence-corrected chi connectivity index (χ1v) is 9.95. The number of benzene rings is 1. The molecule has 1 aliphatic rings. The van der Waals surface area contributed by atoms with Crippen molar-refractivity contribution in [2.75, 3.05) is 13.2 Å². The van der Waals surface area contributed by atoms with Gasteiger partial charge in [-0.2, -0.15) is 5.26 Å². The molecular formula is C23H28N2O3. The zero-order valence-electron chi connectivity index (χ0n) is 17.0. The molecule has 1 aliphatic heterocycles. The van der Waals surface area contributed by atoms with Crippen molar-refractivity contribution in [2.45, 2.75) is 52.9 Å². The highest BCUT2D eigenvalue weighted by Crippen LogP contribution is 2.27. The summed E-state index contributed by atoms with van der Waals surface area (Å²) in [6.07, 6.45) is 7.69. The molecule has 0 fully saturated rings. The molecule has 148 valence electrons. The largest absolute Gasteiger partial charge is 0.494 e. The number of amides is 2. The summed E-state index contributed by atoms with van der Waals surface area (Å²) in [5, 5.41) is 9.29. The van der Waals surface area contributed by atoms with E-state index in [9.17, 15) is 14.9 Å². The highest BCUT2D eigenvalue weighted by atomic mass is 16.5. The van der Waals surface area contributed by atoms with Gasteiger partial charge in [-0.1, -0.05) is 44.7 Å². The maximum atomic E-state index is 12.6. The van der Waals surface area contributed by atoms with Crippen LogP contribution in [0, 0.1) is 11.3 Å². The zero-order chi connectivity index (χ0) is 20.5. The SMILES string of the molecule is CCCCCCCOc1ccc(/C=C2/C(=O)N(CC)C(=O)C(C#N)=C2C)cc1. The molecule has 0 aliphatic carbocycles. The Balaban J connectivity index is 2.10. The molecule has 0 N–H and O–H groups in total. The van der Waals surface area contributed by atoms with Crippen molar-refractivity contribution in [3.05, 3.63) is 46.5 Å². The number of nitriles is 1. The predicted octanol–water partition coefficient (Wildman–Crippen LogP) is 4.65. The lowest BCUT2D eigenvalue weighted by atomic mass is 9.94. The molecule has 0 aromatic heterocycles. The van der Waals surface area contributed by atoms with Crippen LogP contribution in [0.5, 0.6) is 5.75 Å². The van der Waals surface area contributed by atoms with Crippen LogP contribution in [0.2, 0.25) is 0 Å². The second kappa shape index (κ2) is 10.5. The summed E-state index contributed by atoms with van der Waals surface area (Å²) in [5.41, 5.74) is 1.65. The number of carbonyl (C=O) groups is 2. The van der Waals surface area contributed by atoms with E-state index in [0.29, 0.717) is 17.8 Å². The third kappa shape index (κ3) is 5.10. The van der Waals surface area contributed by atoms with Gasteiger partial charge in [0, 0.05) is 12.1 Å². The van der Waals surface area contributed by atoms with E-state index in [1.54, 1.807) is 19.9 Å². The van der Waals surface area contributed by atoms with E-state index in [2.05, 4.69) is 6.92 Å². The third-order valence-corrected chi connectivity index (χ3v) is 4.85. The van der Waals surface area contributed by atoms with Crippen LogP contribution in [0.4, 0.5) is 0 Å². The molecule has 0 saturated heterocycles. The maximum Gasteiger partial charge on any atom is 0.271 e. The summed E-state index contributed by atoms with van der Waals surface area (Å²) in [5.74, 6) is -0.0910. The van der Waals surface area contributed by atoms with E-state index >= 15 is 0 Å². The van der Waals surface area contributed by atoms with Gasteiger partial charge in [0.25, 0.3) is 11.8 Å². The van der Waals surface area contributed by atoms with Gasteiger partial charge in [-0.15, -0.1) is 0 Å². The lowest BCUT2D eigenvalue weighted by Crippen LogP contribution is -2.42. The number of likely N-dealkylation sites (N-methyl/N-ethyl adjacent to an activating group) is 1. The van der Waals surface area contributed by atoms with Gasteiger partial charge in [-0.05, 0) is 49.6 Å². The van der Waals surface area contributed by atoms with E-state index in [1.807, 2.05) is 30.3 Å². The number of ether oxygens (including phenoxy) is 1. The molecule has 1 heterocycles. The Labute approximate surface area is 167 Å². The molecule has 0 atom stereocenters. The number of carbonyl (C=O) groups excluding carboxylic acids is 2. The summed E-state index contributed by atoms with van der Waals surface area (Å²) in [4.78, 5) is 25.9. The molecule has 0 saturated carbocycles. The first kappa shape index (κ1) is 21.4. The van der Waals surface area contributed by atoms with E-state index in [4.69, 9.17) is 4.74 Å². The molecule has 1 aromatic rings. The van der Waals surface area contributed by atoms with Crippen LogP contribution in [0.1, 0.15) is 58.4 Å². The standard InChI is InChI=1S/C23H28N2O3/c1-4-6-7-8-9-14-28-19-12-10-18(11-13-19)15-20-17(3)21(16-24)23(27)25(5-2)22(20)26/h10-13,15H,4-9,14H2,1-3H3/b20-15+. The molecule has 28 heavy (non-hydrogen) atoms. The lowest BCUT2D eigenvalue weighted by molar-refractivity contribution is -0.140. The highest BCUT2D eigenvalue weighted by molar-refractivity contribution is 6.19. The molecular weight excluding hydrogens is 352 g/mol. The van der Waals surface area contributed by atoms with Gasteiger partial charge in [-0.25, -0.2) is 0 Å². The van der Waals surface area contributed by atoms with Crippen molar-refractivity contribution in [2.24, 2.45) is 0 Å². The Morgan fingerprint density at radius 2 is 1.71 bits per heavy atom. The number of hydrogen-bond acceptors (Lipinski definition) is 4. The van der Waals surface area contributed by atoms with Crippen LogP contribution in [0.15, 0.2) is 41.0 Å². The van der Waals surface area contributed by atoms with Crippen molar-refractivity contribution < 1.29 is 14.3 Å². The maximum absolute atomic E-state index is 12.6. The number of nitrogens with zero attached hydrogens (tertiary/aromatic N) is 2. The Morgan fingerprint density at radius 1 is 1.04 bits per heavy atom. The predicted molar refractivity (Wildman–Crippen MR) is 109 cm³/mol. The smallest absolute Gasteiger partial charge is 0.271 e. The van der Waals surface area contributed by atoms with Crippen LogP contribution >= 0.6 is 0 Å². The van der Waals surface area contributed by atoms with Crippen LogP contribution in [-0.2, 0) is 9.59 Å². The van der Waals surface area contributed by atoms with Gasteiger partial charge < -0.3 is 4.74 Å². The number of imide groups is 1. The van der Waals surface area contributed by atoms with Crippen molar-refractivity contribution in [3.63, 3.8) is 0 Å². The summed E-state index contributed by atoms with van der Waals surface area (Å²) in [6, 6.07) is 9.42. The van der Waals surface area contributed by atoms with Crippen LogP contribution in [-0.4, -0.2) is 29.9 Å². The quantitative estimate of drug-likeness (QED) is 0.355. The zero-order valence-corrected chi connectivity index (χ0v) is 17.0. The minimum Gasteiger partial charge on any atom is -0.494 e. The second-order valence-corrected chi connectivity index (χ2v) is 6.86. The van der Waals surface area contributed by atoms with Crippen molar-refractivity contribution in [3.8, 4) is 11.8 Å². The van der Waals surface area contributed by atoms with E-state index in [-0.39, 0.29) is 18.0 Å². The first-order chi connectivity index (χ1) is 13.5. The summed E-state index contributed by atoms with van der Waals surface area (Å²) >= 11 is 0. The molecule has 0 radical (unpaired) electrons. The average Bonchev–Trinajstić information content (AvgIpc) is 2.69. The monoisotopic (exact) mass is 380 g/mol. The van der Waals surface area contributed by atoms with Gasteiger partial charge in [0.15, 0.2) is 0 Å². The summed E-state index contributed by atoms with van der Waals surface area (Å²) < 4.78 is 5.76. The Hall–Kier alpha value is -2.87. The average molecular weight is 380 g/mol. The fourth-order valence-electron chi connectivity index (χ4n) is 3.14. The van der Waals surface area contributed by atoms with Crippen LogP contribution < -0.4 is 4.74 Å². The third-order valence-electron chi connectivity index (χ3n) is 4.85. The lowest BCUT2D eigenvalue weighted by Gasteiger charge is -2.26. The van der Waals surface area contributed by atoms with Crippen molar-refractivity contribution in [1.29, 1.82) is 5.26 Å². The molecule has 5 heteroatoms. The molecule has 2 amide bonds. The molecule has 0 bridgehead atoms. The number of hydrogen-bond donors (Lipinski definition) is 0. The minimum absolute atomic E-state index is 0.0238. The van der Waals surface area contributed by atoms with E-state index in [0.717, 1.165) is 22.6 Å². The molecule has 5 nitrogen and oxygen atoms in total. The van der Waals surface area contributed by atoms with E-state index in [1.165, 1.54) is 25.7 Å². The Bertz CT molecular complexity index is 813. The normalized spacial score (nSPS) is 15.9. The molecule has 2 rings (SSSR count). The van der Waals surface area contributed by atoms with Gasteiger partial charge in [0.05, 0.1) is 6.61 Å². The van der Waals surface area contributed by atoms with Gasteiger partial charge >= 0.3 is 0 Å². The Kier molecular flexibility index (Phi) is 8.01. The topological polar surface area (TPSA) is 70.4 Å². The van der Waals surface area contributed by atoms with Crippen molar-refractivity contribution >= 4 is 17.9 Å². The van der Waals surface area contributed by atoms with Gasteiger partial charge in [0.2, 0.25) is 0 Å². The summed E-state index contributed by atoms with van der Waals surface area (Å²) in [6.45, 7) is 6.49. The first-order valence-electron chi connectivity index (χ1n) is 9.95. The molecule has 0 unspecified atom stereocenters. The van der Waals surface area contributed by atoms with Crippen molar-refractivity contribution in [1.82, 2.24) is 4.90 Å². The van der Waals surface area contributed by atoms with Gasteiger partial charge in [0.1, 0.15) is 17.4 Å². The van der Waals surface area contributed by atoms with Crippen LogP contribution in [0.25, 0.3) is 6.08 Å². The fourth-order valence-corrected chi connectivity index (χ4v) is 3.14. The number of rotatable bonds is 9. The summed E-state index contributed by atoms with van der Waals surface area (Å²) in [7, 11) is 0. The fraction of sp³-hybridized carbons (Fsp3) is 0.435. The molecule has 1 aromatic carbocycles. The van der Waals surface area contributed by atoms with E-state index < -0.39 is 5.91 Å².